The molecule has 0 bridgehead atoms. The number of nitrogens with zero attached hydrogens (tertiary/aromatic N) is 12. The Hall–Kier alpha value is -14.6. The molecule has 0 saturated carbocycles. The maximum atomic E-state index is 12.8. The first-order valence-electron chi connectivity index (χ1n) is 42.1. The van der Waals surface area contributed by atoms with Gasteiger partial charge in [-0.1, -0.05) is 66.8 Å². The molecule has 34 heteroatoms. The summed E-state index contributed by atoms with van der Waals surface area (Å²) in [6.45, 7) is 26.2. The molecule has 0 radical (unpaired) electrons. The van der Waals surface area contributed by atoms with Crippen LogP contribution in [-0.2, 0) is 34.9 Å². The van der Waals surface area contributed by atoms with E-state index in [4.69, 9.17) is 20.0 Å². The number of esters is 2. The van der Waals surface area contributed by atoms with E-state index in [2.05, 4.69) is 47.3 Å². The molecule has 4 aliphatic rings. The van der Waals surface area contributed by atoms with E-state index in [1.165, 1.54) is 84.2 Å². The van der Waals surface area contributed by atoms with Crippen molar-refractivity contribution in [1.82, 2.24) is 38.0 Å². The minimum Gasteiger partial charge on any atom is -0.477 e. The van der Waals surface area contributed by atoms with Crippen molar-refractivity contribution < 1.29 is 74.8 Å². The number of aromatic nitrogens is 4. The highest BCUT2D eigenvalue weighted by atomic mass is 19.4. The number of hydrogen-bond acceptors (Lipinski definition) is 22. The van der Waals surface area contributed by atoms with Gasteiger partial charge in [-0.05, 0) is 195 Å². The van der Waals surface area contributed by atoms with Gasteiger partial charge in [-0.25, -0.2) is 19.2 Å². The number of rotatable bonds is 16. The van der Waals surface area contributed by atoms with Crippen LogP contribution in [0.1, 0.15) is 152 Å². The number of anilines is 4. The van der Waals surface area contributed by atoms with Crippen molar-refractivity contribution in [2.24, 2.45) is 0 Å². The van der Waals surface area contributed by atoms with Crippen LogP contribution in [0, 0.1) is 22.7 Å². The summed E-state index contributed by atoms with van der Waals surface area (Å²) in [5.41, 5.74) is 5.62. The molecule has 0 unspecified atom stereocenters. The fourth-order valence-electron chi connectivity index (χ4n) is 14.5. The zero-order valence-electron chi connectivity index (χ0n) is 72.5. The van der Waals surface area contributed by atoms with Gasteiger partial charge in [0.1, 0.15) is 22.3 Å². The number of carbonyl (C=O) groups is 6. The second-order valence-corrected chi connectivity index (χ2v) is 28.9. The third-order valence-corrected chi connectivity index (χ3v) is 21.0. The summed E-state index contributed by atoms with van der Waals surface area (Å²) in [7, 11) is 0. The van der Waals surface area contributed by atoms with Crippen LogP contribution in [0.3, 0.4) is 0 Å². The molecule has 12 aromatic rings. The lowest BCUT2D eigenvalue weighted by Gasteiger charge is -2.36. The molecule has 696 valence electrons. The lowest BCUT2D eigenvalue weighted by molar-refractivity contribution is -0.138. The standard InChI is InChI=1S/C22H20F3N3O3.C22H20N4O3.2C13H11NO4.C11H13F3N2.C11H13N3.2C2H6.2CH4/c23-22(24,25)16-4-6-17(7-5-16)27-11-9-26(10-12-27)14-15-13-18(21(30)31)20(29)28-8-2-1-3-19(15)28;23-14-16-4-6-18(7-5-16)25-11-9-24(10-12-25)15-17-13-19(22(28)29)21(27)26-8-2-1-3-20(17)26;2*1-2-18-13(17)10-7-9(8-15)11-5-3-4-6-14(11)12(10)16;12-11(13,14)9-1-3-10(4-2-9)16-7-5-15-6-8-16;12-9-10-1-3-11(4-2-10)14-7-5-13-6-8-14;2*1-2;;/h1-8,13H,9-12,14H2,(H,30,31);1-8,13H,9-12,15H2,(H,28,29);2*3-8H,2H2,1H3;1-4,15H,5-8H2;1-4,13H,5-8H2;2*1-2H3;2*1H4. The SMILES string of the molecule is C.C.CC.CC.CCOC(=O)c1cc(C=O)c2ccccn2c1=O.CCOC(=O)c1cc(C=O)c2ccccn2c1=O.FC(F)(F)c1ccc(N2CCNCC2)cc1.N#Cc1ccc(N2CCN(Cc3cc(C(=O)O)c(=O)n4ccccc34)CC2)cc1.N#Cc1ccc(N2CCNCC2)cc1.O=C(O)c1cc(CN2CCN(c3ccc(C(F)(F)F)cc3)CC2)c2ccccn2c1=O. The van der Waals surface area contributed by atoms with Gasteiger partial charge in [-0.3, -0.25) is 56.2 Å². The molecular formula is C98H108F6N14O14. The quantitative estimate of drug-likeness (QED) is 0.0396. The van der Waals surface area contributed by atoms with Crippen LogP contribution in [0.4, 0.5) is 49.1 Å². The molecule has 4 N–H and O–H groups in total. The van der Waals surface area contributed by atoms with Gasteiger partial charge in [-0.15, -0.1) is 0 Å². The third-order valence-electron chi connectivity index (χ3n) is 21.0. The Balaban J connectivity index is 0.000000219. The maximum Gasteiger partial charge on any atom is 0.416 e. The molecular weight excluding hydrogens is 1710 g/mol. The van der Waals surface area contributed by atoms with Crippen LogP contribution in [0.25, 0.3) is 22.1 Å². The van der Waals surface area contributed by atoms with Crippen LogP contribution >= 0.6 is 0 Å². The molecule has 4 fully saturated rings. The number of ether oxygens (including phenoxy) is 2. The lowest BCUT2D eigenvalue weighted by atomic mass is 10.1. The van der Waals surface area contributed by atoms with E-state index in [1.807, 2.05) is 93.3 Å². The highest BCUT2D eigenvalue weighted by molar-refractivity contribution is 5.96. The van der Waals surface area contributed by atoms with E-state index in [1.54, 1.807) is 86.9 Å². The van der Waals surface area contributed by atoms with Crippen LogP contribution in [0.2, 0.25) is 0 Å². The molecule has 4 aromatic carbocycles. The number of carboxylic acid groups (broad SMARTS) is 2. The number of hydrogen-bond donors (Lipinski definition) is 4. The predicted molar refractivity (Wildman–Crippen MR) is 498 cm³/mol. The predicted octanol–water partition coefficient (Wildman–Crippen LogP) is 14.5. The second-order valence-electron chi connectivity index (χ2n) is 28.9. The third kappa shape index (κ3) is 27.3. The first-order valence-corrected chi connectivity index (χ1v) is 42.1. The van der Waals surface area contributed by atoms with Gasteiger partial charge in [0.15, 0.2) is 12.6 Å². The van der Waals surface area contributed by atoms with E-state index in [0.29, 0.717) is 74.0 Å². The Morgan fingerprint density at radius 3 is 0.917 bits per heavy atom. The number of alkyl halides is 6. The monoisotopic (exact) mass is 1820 g/mol. The van der Waals surface area contributed by atoms with Gasteiger partial charge in [-0.2, -0.15) is 36.9 Å². The molecule has 8 aromatic heterocycles. The van der Waals surface area contributed by atoms with Gasteiger partial charge in [0.25, 0.3) is 22.2 Å². The van der Waals surface area contributed by atoms with Crippen LogP contribution in [0.5, 0.6) is 0 Å². The Bertz CT molecular complexity index is 6110. The van der Waals surface area contributed by atoms with Crippen molar-refractivity contribution in [1.29, 1.82) is 10.5 Å². The van der Waals surface area contributed by atoms with Crippen molar-refractivity contribution in [3.63, 3.8) is 0 Å². The van der Waals surface area contributed by atoms with Gasteiger partial charge < -0.3 is 49.9 Å². The summed E-state index contributed by atoms with van der Waals surface area (Å²) in [5, 5.41) is 42.9. The maximum absolute atomic E-state index is 12.8. The van der Waals surface area contributed by atoms with E-state index < -0.39 is 69.6 Å². The normalized spacial score (nSPS) is 13.6. The van der Waals surface area contributed by atoms with Gasteiger partial charge in [0, 0.05) is 176 Å². The van der Waals surface area contributed by atoms with E-state index in [-0.39, 0.29) is 61.4 Å². The highest BCUT2D eigenvalue weighted by Gasteiger charge is 2.32. The molecule has 12 heterocycles. The number of halogens is 6. The average molecular weight is 1820 g/mol. The first kappa shape index (κ1) is 104. The van der Waals surface area contributed by atoms with Gasteiger partial charge >= 0.3 is 36.2 Å². The summed E-state index contributed by atoms with van der Waals surface area (Å²) in [4.78, 5) is 130. The van der Waals surface area contributed by atoms with Gasteiger partial charge in [0.05, 0.1) is 69.7 Å². The van der Waals surface area contributed by atoms with E-state index >= 15 is 0 Å². The molecule has 0 atom stereocenters. The van der Waals surface area contributed by atoms with Crippen molar-refractivity contribution in [3.05, 3.63) is 327 Å². The topological polar surface area (TPSA) is 338 Å². The zero-order chi connectivity index (χ0) is 94.2. The van der Waals surface area contributed by atoms with E-state index in [0.717, 1.165) is 142 Å². The van der Waals surface area contributed by atoms with Crippen molar-refractivity contribution in [2.75, 3.05) is 138 Å². The molecule has 28 nitrogen and oxygen atoms in total. The fourth-order valence-corrected chi connectivity index (χ4v) is 14.5. The van der Waals surface area contributed by atoms with Crippen molar-refractivity contribution >= 4 is 81.3 Å². The summed E-state index contributed by atoms with van der Waals surface area (Å²) >= 11 is 0. The van der Waals surface area contributed by atoms with Crippen LogP contribution < -0.4 is 52.5 Å². The minimum absolute atomic E-state index is 0. The lowest BCUT2D eigenvalue weighted by Crippen LogP contribution is -2.46. The van der Waals surface area contributed by atoms with Gasteiger partial charge in [0.2, 0.25) is 0 Å². The molecule has 0 aliphatic carbocycles. The number of carbonyl (C=O) groups excluding carboxylic acids is 4. The van der Waals surface area contributed by atoms with Crippen molar-refractivity contribution in [2.45, 2.75) is 81.8 Å². The number of nitrogens with one attached hydrogen (secondary N) is 2. The summed E-state index contributed by atoms with van der Waals surface area (Å²) in [6.07, 6.45) is -1.21. The average Bonchev–Trinajstić information content (AvgIpc) is 0.799. The number of aromatic carboxylic acids is 2. The fraction of sp³-hybridized carbons (Fsp3) is 0.306. The highest BCUT2D eigenvalue weighted by Crippen LogP contribution is 2.33. The number of fused-ring (bicyclic) bond motifs is 4. The molecule has 4 saturated heterocycles. The zero-order valence-corrected chi connectivity index (χ0v) is 72.5. The molecule has 16 rings (SSSR count). The number of carboxylic acids is 2. The second kappa shape index (κ2) is 50.4. The Labute approximate surface area is 759 Å². The molecule has 4 aliphatic heterocycles. The number of benzene rings is 4. The first-order chi connectivity index (χ1) is 62.6. The minimum atomic E-state index is -4.35. The summed E-state index contributed by atoms with van der Waals surface area (Å²) < 4.78 is 90.1. The summed E-state index contributed by atoms with van der Waals surface area (Å²) in [6, 6.07) is 56.2. The smallest absolute Gasteiger partial charge is 0.416 e. The molecule has 132 heavy (non-hydrogen) atoms. The van der Waals surface area contributed by atoms with E-state index in [9.17, 15) is 84.5 Å². The number of pyridine rings is 8. The summed E-state index contributed by atoms with van der Waals surface area (Å²) in [5.74, 6) is -3.91. The molecule has 0 spiro atoms. The number of piperazine rings is 4. The van der Waals surface area contributed by atoms with Crippen molar-refractivity contribution in [3.8, 4) is 12.1 Å². The number of nitriles is 2. The Morgan fingerprint density at radius 2 is 0.652 bits per heavy atom. The Kier molecular flexibility index (Phi) is 39.9. The van der Waals surface area contributed by atoms with Crippen LogP contribution in [0.15, 0.2) is 238 Å². The Morgan fingerprint density at radius 1 is 0.386 bits per heavy atom. The number of aldehydes is 2. The largest absolute Gasteiger partial charge is 0.477 e. The molecule has 0 amide bonds. The van der Waals surface area contributed by atoms with Crippen LogP contribution in [-0.4, -0.2) is 192 Å².